The SMILES string of the molecule is CC(CC#N)N1CCCN(CCO)CC1. The maximum Gasteiger partial charge on any atom is 0.0638 e. The highest BCUT2D eigenvalue weighted by atomic mass is 16.3. The van der Waals surface area contributed by atoms with Crippen molar-refractivity contribution in [3.05, 3.63) is 0 Å². The molecule has 0 radical (unpaired) electrons. The van der Waals surface area contributed by atoms with Crippen LogP contribution in [0.5, 0.6) is 0 Å². The summed E-state index contributed by atoms with van der Waals surface area (Å²) in [7, 11) is 0. The second-order valence-corrected chi connectivity index (χ2v) is 4.17. The van der Waals surface area contributed by atoms with E-state index in [1.54, 1.807) is 0 Å². The van der Waals surface area contributed by atoms with Crippen LogP contribution in [0.3, 0.4) is 0 Å². The van der Waals surface area contributed by atoms with Crippen LogP contribution in [0.25, 0.3) is 0 Å². The average Bonchev–Trinajstić information content (AvgIpc) is 2.44. The van der Waals surface area contributed by atoms with E-state index in [1.165, 1.54) is 0 Å². The van der Waals surface area contributed by atoms with E-state index in [1.807, 2.05) is 0 Å². The molecule has 1 fully saturated rings. The highest BCUT2D eigenvalue weighted by Gasteiger charge is 2.18. The zero-order valence-electron chi connectivity index (χ0n) is 9.52. The summed E-state index contributed by atoms with van der Waals surface area (Å²) >= 11 is 0. The van der Waals surface area contributed by atoms with Crippen molar-refractivity contribution in [2.75, 3.05) is 39.3 Å². The van der Waals surface area contributed by atoms with Gasteiger partial charge in [-0.2, -0.15) is 5.26 Å². The first-order chi connectivity index (χ1) is 7.27. The number of aliphatic hydroxyl groups excluding tert-OH is 1. The predicted molar refractivity (Wildman–Crippen MR) is 59.4 cm³/mol. The molecule has 1 heterocycles. The minimum absolute atomic E-state index is 0.244. The first-order valence-electron chi connectivity index (χ1n) is 5.72. The molecule has 1 rings (SSSR count). The van der Waals surface area contributed by atoms with E-state index >= 15 is 0 Å². The third-order valence-corrected chi connectivity index (χ3v) is 3.05. The van der Waals surface area contributed by atoms with Crippen LogP contribution in [0, 0.1) is 11.3 Å². The monoisotopic (exact) mass is 211 g/mol. The summed E-state index contributed by atoms with van der Waals surface area (Å²) in [5.74, 6) is 0. The number of nitrogens with zero attached hydrogens (tertiary/aromatic N) is 3. The lowest BCUT2D eigenvalue weighted by molar-refractivity contribution is 0.186. The van der Waals surface area contributed by atoms with Gasteiger partial charge in [-0.25, -0.2) is 0 Å². The molecule has 0 aromatic carbocycles. The number of nitriles is 1. The number of hydrogen-bond acceptors (Lipinski definition) is 4. The van der Waals surface area contributed by atoms with Crippen LogP contribution >= 0.6 is 0 Å². The molecule has 1 saturated heterocycles. The molecule has 1 atom stereocenters. The molecule has 15 heavy (non-hydrogen) atoms. The highest BCUT2D eigenvalue weighted by molar-refractivity contribution is 4.81. The Morgan fingerprint density at radius 1 is 1.33 bits per heavy atom. The number of rotatable bonds is 4. The second kappa shape index (κ2) is 6.78. The van der Waals surface area contributed by atoms with Crippen LogP contribution in [0.2, 0.25) is 0 Å². The molecule has 0 aromatic rings. The molecular formula is C11H21N3O. The smallest absolute Gasteiger partial charge is 0.0638 e. The van der Waals surface area contributed by atoms with Crippen LogP contribution in [-0.2, 0) is 0 Å². The van der Waals surface area contributed by atoms with Crippen molar-refractivity contribution < 1.29 is 5.11 Å². The van der Waals surface area contributed by atoms with Crippen LogP contribution in [0.1, 0.15) is 19.8 Å². The fourth-order valence-electron chi connectivity index (χ4n) is 2.06. The largest absolute Gasteiger partial charge is 0.395 e. The molecule has 0 aromatic heterocycles. The Morgan fingerprint density at radius 3 is 2.80 bits per heavy atom. The highest BCUT2D eigenvalue weighted by Crippen LogP contribution is 2.08. The summed E-state index contributed by atoms with van der Waals surface area (Å²) in [6.45, 7) is 7.30. The van der Waals surface area contributed by atoms with E-state index in [2.05, 4.69) is 22.8 Å². The van der Waals surface area contributed by atoms with Gasteiger partial charge in [-0.1, -0.05) is 0 Å². The lowest BCUT2D eigenvalue weighted by Gasteiger charge is -2.25. The van der Waals surface area contributed by atoms with Gasteiger partial charge in [0.15, 0.2) is 0 Å². The average molecular weight is 211 g/mol. The van der Waals surface area contributed by atoms with E-state index in [-0.39, 0.29) is 6.61 Å². The zero-order valence-corrected chi connectivity index (χ0v) is 9.52. The Labute approximate surface area is 92.1 Å². The molecule has 0 saturated carbocycles. The Balaban J connectivity index is 2.35. The van der Waals surface area contributed by atoms with Crippen molar-refractivity contribution in [2.24, 2.45) is 0 Å². The third-order valence-electron chi connectivity index (χ3n) is 3.05. The van der Waals surface area contributed by atoms with Crippen LogP contribution in [0.4, 0.5) is 0 Å². The molecular weight excluding hydrogens is 190 g/mol. The van der Waals surface area contributed by atoms with E-state index in [4.69, 9.17) is 10.4 Å². The summed E-state index contributed by atoms with van der Waals surface area (Å²) in [6, 6.07) is 2.59. The van der Waals surface area contributed by atoms with Gasteiger partial charge in [-0.15, -0.1) is 0 Å². The molecule has 4 nitrogen and oxygen atoms in total. The van der Waals surface area contributed by atoms with Crippen molar-refractivity contribution >= 4 is 0 Å². The summed E-state index contributed by atoms with van der Waals surface area (Å²) in [4.78, 5) is 4.67. The van der Waals surface area contributed by atoms with E-state index in [0.717, 1.165) is 39.1 Å². The Bertz CT molecular complexity index is 214. The molecule has 86 valence electrons. The van der Waals surface area contributed by atoms with Gasteiger partial charge in [0.2, 0.25) is 0 Å². The zero-order chi connectivity index (χ0) is 11.1. The molecule has 1 unspecified atom stereocenters. The third kappa shape index (κ3) is 4.17. The lowest BCUT2D eigenvalue weighted by atomic mass is 10.2. The Hall–Kier alpha value is -0.630. The number of β-amino-alcohol motifs (C(OH)–C–C–N with tert-alkyl or cyclic N) is 1. The van der Waals surface area contributed by atoms with Crippen molar-refractivity contribution in [2.45, 2.75) is 25.8 Å². The second-order valence-electron chi connectivity index (χ2n) is 4.17. The van der Waals surface area contributed by atoms with Gasteiger partial charge < -0.3 is 5.11 Å². The first kappa shape index (κ1) is 12.4. The molecule has 1 aliphatic rings. The van der Waals surface area contributed by atoms with Crippen LogP contribution in [0.15, 0.2) is 0 Å². The first-order valence-corrected chi connectivity index (χ1v) is 5.72. The standard InChI is InChI=1S/C11H21N3O/c1-11(3-4-12)14-6-2-5-13(7-8-14)9-10-15/h11,15H,2-3,5-10H2,1H3. The molecule has 0 spiro atoms. The molecule has 4 heteroatoms. The van der Waals surface area contributed by atoms with Crippen molar-refractivity contribution in [1.29, 1.82) is 5.26 Å². The van der Waals surface area contributed by atoms with Crippen molar-refractivity contribution in [3.63, 3.8) is 0 Å². The molecule has 0 bridgehead atoms. The summed E-state index contributed by atoms with van der Waals surface area (Å²) in [6.07, 6.45) is 1.75. The van der Waals surface area contributed by atoms with E-state index < -0.39 is 0 Å². The number of aliphatic hydroxyl groups is 1. The summed E-state index contributed by atoms with van der Waals surface area (Å²) in [5.41, 5.74) is 0. The number of hydrogen-bond donors (Lipinski definition) is 1. The minimum atomic E-state index is 0.244. The van der Waals surface area contributed by atoms with Crippen LogP contribution < -0.4 is 0 Å². The minimum Gasteiger partial charge on any atom is -0.395 e. The van der Waals surface area contributed by atoms with Crippen LogP contribution in [-0.4, -0.2) is 60.3 Å². The summed E-state index contributed by atoms with van der Waals surface area (Å²) < 4.78 is 0. The quantitative estimate of drug-likeness (QED) is 0.726. The molecule has 1 N–H and O–H groups in total. The molecule has 0 amide bonds. The molecule has 1 aliphatic heterocycles. The Morgan fingerprint density at radius 2 is 2.13 bits per heavy atom. The van der Waals surface area contributed by atoms with Gasteiger partial charge in [-0.3, -0.25) is 9.80 Å². The van der Waals surface area contributed by atoms with Crippen molar-refractivity contribution in [3.8, 4) is 6.07 Å². The summed E-state index contributed by atoms with van der Waals surface area (Å²) in [5, 5.41) is 17.5. The fourth-order valence-corrected chi connectivity index (χ4v) is 2.06. The van der Waals surface area contributed by atoms with Gasteiger partial charge >= 0.3 is 0 Å². The Kier molecular flexibility index (Phi) is 5.62. The van der Waals surface area contributed by atoms with Gasteiger partial charge in [0.1, 0.15) is 0 Å². The van der Waals surface area contributed by atoms with Gasteiger partial charge in [-0.05, 0) is 26.4 Å². The predicted octanol–water partition coefficient (Wildman–Crippen LogP) is 0.289. The van der Waals surface area contributed by atoms with Gasteiger partial charge in [0.05, 0.1) is 19.1 Å². The lowest BCUT2D eigenvalue weighted by Crippen LogP contribution is -2.37. The van der Waals surface area contributed by atoms with E-state index in [9.17, 15) is 0 Å². The fraction of sp³-hybridized carbons (Fsp3) is 0.909. The maximum atomic E-state index is 8.87. The van der Waals surface area contributed by atoms with E-state index in [0.29, 0.717) is 12.5 Å². The van der Waals surface area contributed by atoms with Crippen molar-refractivity contribution in [1.82, 2.24) is 9.80 Å². The maximum absolute atomic E-state index is 8.87. The van der Waals surface area contributed by atoms with Gasteiger partial charge in [0.25, 0.3) is 0 Å². The van der Waals surface area contributed by atoms with Gasteiger partial charge in [0, 0.05) is 25.7 Å². The molecule has 0 aliphatic carbocycles. The normalized spacial score (nSPS) is 21.9. The topological polar surface area (TPSA) is 50.5 Å².